The van der Waals surface area contributed by atoms with Crippen LogP contribution in [0.3, 0.4) is 0 Å². The van der Waals surface area contributed by atoms with E-state index in [1.54, 1.807) is 6.07 Å². The molecule has 0 aliphatic carbocycles. The highest BCUT2D eigenvalue weighted by Gasteiger charge is 2.34. The first-order valence-electron chi connectivity index (χ1n) is 6.20. The molecule has 1 amide bonds. The zero-order valence-corrected chi connectivity index (χ0v) is 12.2. The summed E-state index contributed by atoms with van der Waals surface area (Å²) >= 11 is 3.23. The molecule has 1 aromatic rings. The van der Waals surface area contributed by atoms with Gasteiger partial charge in [0.1, 0.15) is 5.82 Å². The molecule has 20 heavy (non-hydrogen) atoms. The van der Waals surface area contributed by atoms with Gasteiger partial charge in [0.05, 0.1) is 24.1 Å². The number of piperidine rings is 1. The van der Waals surface area contributed by atoms with E-state index in [0.717, 1.165) is 0 Å². The van der Waals surface area contributed by atoms with Crippen LogP contribution in [0.2, 0.25) is 0 Å². The minimum Gasteiger partial charge on any atom is -0.311 e. The summed E-state index contributed by atoms with van der Waals surface area (Å²) in [6.45, 7) is 0.486. The highest BCUT2D eigenvalue weighted by Crippen LogP contribution is 2.31. The number of halogens is 2. The Bertz CT molecular complexity index is 597. The number of ketones is 1. The fourth-order valence-electron chi connectivity index (χ4n) is 2.31. The second-order valence-corrected chi connectivity index (χ2v) is 5.44. The molecular weight excluding hydrogens is 327 g/mol. The zero-order chi connectivity index (χ0) is 14.7. The van der Waals surface area contributed by atoms with Crippen molar-refractivity contribution in [1.82, 2.24) is 0 Å². The Morgan fingerprint density at radius 2 is 2.30 bits per heavy atom. The molecule has 0 N–H and O–H groups in total. The fraction of sp³-hybridized carbons (Fsp3) is 0.357. The van der Waals surface area contributed by atoms with Crippen LogP contribution in [0.4, 0.5) is 10.1 Å². The van der Waals surface area contributed by atoms with Crippen LogP contribution in [0.1, 0.15) is 19.3 Å². The lowest BCUT2D eigenvalue weighted by Gasteiger charge is -2.32. The molecule has 1 aromatic carbocycles. The first kappa shape index (κ1) is 14.7. The molecule has 0 radical (unpaired) electrons. The number of hydrogen-bond donors (Lipinski definition) is 0. The number of anilines is 1. The first-order chi connectivity index (χ1) is 9.54. The minimum absolute atomic E-state index is 0.255. The Hall–Kier alpha value is -1.74. The number of amides is 1. The van der Waals surface area contributed by atoms with Crippen LogP contribution in [0, 0.1) is 23.1 Å². The number of rotatable bonds is 3. The molecule has 104 valence electrons. The van der Waals surface area contributed by atoms with E-state index < -0.39 is 11.7 Å². The van der Waals surface area contributed by atoms with Crippen molar-refractivity contribution in [2.24, 2.45) is 5.92 Å². The normalized spacial score (nSPS) is 18.8. The first-order valence-corrected chi connectivity index (χ1v) is 7.00. The molecule has 1 unspecified atom stereocenters. The number of nitriles is 1. The van der Waals surface area contributed by atoms with Gasteiger partial charge in [0, 0.05) is 11.0 Å². The SMILES string of the molecule is N#CCC(=O)C1CCCN(c2ccc(F)cc2Br)C1=O. The average molecular weight is 339 g/mol. The molecule has 0 spiro atoms. The molecule has 0 aromatic heterocycles. The van der Waals surface area contributed by atoms with E-state index in [-0.39, 0.29) is 18.1 Å². The molecule has 1 aliphatic rings. The molecule has 2 rings (SSSR count). The predicted octanol–water partition coefficient (Wildman–Crippen LogP) is 2.81. The zero-order valence-electron chi connectivity index (χ0n) is 10.6. The van der Waals surface area contributed by atoms with Crippen molar-refractivity contribution in [3.05, 3.63) is 28.5 Å². The van der Waals surface area contributed by atoms with Gasteiger partial charge < -0.3 is 4.90 Å². The van der Waals surface area contributed by atoms with E-state index in [9.17, 15) is 14.0 Å². The van der Waals surface area contributed by atoms with Gasteiger partial charge in [-0.2, -0.15) is 5.26 Å². The standard InChI is InChI=1S/C14H12BrFN2O2/c15-11-8-9(16)3-4-12(11)18-7-1-2-10(14(18)20)13(19)5-6-17/h3-4,8,10H,1-2,5,7H2. The maximum atomic E-state index is 13.1. The molecule has 6 heteroatoms. The molecule has 0 bridgehead atoms. The summed E-state index contributed by atoms with van der Waals surface area (Å²) in [4.78, 5) is 25.6. The predicted molar refractivity (Wildman–Crippen MR) is 74.4 cm³/mol. The second-order valence-electron chi connectivity index (χ2n) is 4.58. The van der Waals surface area contributed by atoms with Crippen LogP contribution in [0.25, 0.3) is 0 Å². The Morgan fingerprint density at radius 1 is 1.55 bits per heavy atom. The topological polar surface area (TPSA) is 61.2 Å². The smallest absolute Gasteiger partial charge is 0.237 e. The third-order valence-corrected chi connectivity index (χ3v) is 3.92. The van der Waals surface area contributed by atoms with Crippen molar-refractivity contribution >= 4 is 33.3 Å². The summed E-state index contributed by atoms with van der Waals surface area (Å²) < 4.78 is 13.6. The maximum Gasteiger partial charge on any atom is 0.237 e. The van der Waals surface area contributed by atoms with Gasteiger partial charge in [-0.1, -0.05) is 0 Å². The Kier molecular flexibility index (Phi) is 4.50. The van der Waals surface area contributed by atoms with Gasteiger partial charge in [-0.15, -0.1) is 0 Å². The fourth-order valence-corrected chi connectivity index (χ4v) is 2.88. The van der Waals surface area contributed by atoms with Gasteiger partial charge >= 0.3 is 0 Å². The summed E-state index contributed by atoms with van der Waals surface area (Å²) in [5, 5.41) is 8.57. The largest absolute Gasteiger partial charge is 0.311 e. The van der Waals surface area contributed by atoms with Crippen molar-refractivity contribution in [1.29, 1.82) is 5.26 Å². The van der Waals surface area contributed by atoms with E-state index in [1.807, 2.05) is 0 Å². The molecule has 0 saturated carbocycles. The van der Waals surface area contributed by atoms with Crippen molar-refractivity contribution in [2.75, 3.05) is 11.4 Å². The number of benzene rings is 1. The number of Topliss-reactive ketones (excluding diaryl/α,β-unsaturated/α-hetero) is 1. The van der Waals surface area contributed by atoms with E-state index >= 15 is 0 Å². The monoisotopic (exact) mass is 338 g/mol. The van der Waals surface area contributed by atoms with E-state index in [4.69, 9.17) is 5.26 Å². The third kappa shape index (κ3) is 2.88. The van der Waals surface area contributed by atoms with Crippen LogP contribution in [0.5, 0.6) is 0 Å². The summed E-state index contributed by atoms with van der Waals surface area (Å²) in [5.74, 6) is -1.83. The van der Waals surface area contributed by atoms with Crippen LogP contribution in [-0.4, -0.2) is 18.2 Å². The molecule has 1 fully saturated rings. The number of carbonyl (C=O) groups excluding carboxylic acids is 2. The van der Waals surface area contributed by atoms with Gasteiger partial charge in [0.25, 0.3) is 0 Å². The lowest BCUT2D eigenvalue weighted by atomic mass is 9.91. The van der Waals surface area contributed by atoms with Crippen LogP contribution in [0.15, 0.2) is 22.7 Å². The van der Waals surface area contributed by atoms with Crippen LogP contribution < -0.4 is 4.90 Å². The molecule has 1 heterocycles. The van der Waals surface area contributed by atoms with Crippen molar-refractivity contribution in [2.45, 2.75) is 19.3 Å². The average Bonchev–Trinajstić information content (AvgIpc) is 2.40. The third-order valence-electron chi connectivity index (χ3n) is 3.28. The van der Waals surface area contributed by atoms with E-state index in [1.165, 1.54) is 23.1 Å². The molecule has 1 atom stereocenters. The quantitative estimate of drug-likeness (QED) is 0.796. The number of nitrogens with zero attached hydrogens (tertiary/aromatic N) is 2. The molecule has 4 nitrogen and oxygen atoms in total. The van der Waals surface area contributed by atoms with Crippen molar-refractivity contribution in [3.63, 3.8) is 0 Å². The van der Waals surface area contributed by atoms with Crippen LogP contribution in [-0.2, 0) is 9.59 Å². The van der Waals surface area contributed by atoms with Gasteiger partial charge in [-0.05, 0) is 47.0 Å². The summed E-state index contributed by atoms with van der Waals surface area (Å²) in [6, 6.07) is 5.84. The number of carbonyl (C=O) groups is 2. The maximum absolute atomic E-state index is 13.1. The van der Waals surface area contributed by atoms with Gasteiger partial charge in [0.2, 0.25) is 5.91 Å². The highest BCUT2D eigenvalue weighted by molar-refractivity contribution is 9.10. The molecule has 1 saturated heterocycles. The van der Waals surface area contributed by atoms with Gasteiger partial charge in [0.15, 0.2) is 5.78 Å². The van der Waals surface area contributed by atoms with Gasteiger partial charge in [-0.3, -0.25) is 9.59 Å². The van der Waals surface area contributed by atoms with Crippen molar-refractivity contribution in [3.8, 4) is 6.07 Å². The summed E-state index contributed by atoms with van der Waals surface area (Å²) in [6.07, 6.45) is 0.890. The molecule has 1 aliphatic heterocycles. The Labute approximate surface area is 124 Å². The van der Waals surface area contributed by atoms with Crippen molar-refractivity contribution < 1.29 is 14.0 Å². The Morgan fingerprint density at radius 3 is 2.95 bits per heavy atom. The Balaban J connectivity index is 2.26. The van der Waals surface area contributed by atoms with E-state index in [2.05, 4.69) is 15.9 Å². The highest BCUT2D eigenvalue weighted by atomic mass is 79.9. The summed E-state index contributed by atoms with van der Waals surface area (Å²) in [7, 11) is 0. The minimum atomic E-state index is -0.764. The summed E-state index contributed by atoms with van der Waals surface area (Å²) in [5.41, 5.74) is 0.547. The van der Waals surface area contributed by atoms with Crippen LogP contribution >= 0.6 is 15.9 Å². The van der Waals surface area contributed by atoms with E-state index in [0.29, 0.717) is 29.5 Å². The lowest BCUT2D eigenvalue weighted by Crippen LogP contribution is -2.44. The van der Waals surface area contributed by atoms with Gasteiger partial charge in [-0.25, -0.2) is 4.39 Å². The molecular formula is C14H12BrFN2O2. The second kappa shape index (κ2) is 6.14. The number of hydrogen-bond acceptors (Lipinski definition) is 3. The lowest BCUT2D eigenvalue weighted by molar-refractivity contribution is -0.133.